The Balaban J connectivity index is 2.34. The maximum Gasteiger partial charge on any atom is 0.449 e. The summed E-state index contributed by atoms with van der Waals surface area (Å²) in [6.45, 7) is 0. The normalized spacial score (nSPS) is 16.7. The highest BCUT2D eigenvalue weighted by Gasteiger charge is 2.42. The Morgan fingerprint density at radius 1 is 1.29 bits per heavy atom. The monoisotopic (exact) mass is 262 g/mol. The zero-order valence-corrected chi connectivity index (χ0v) is 9.13. The first-order valence-corrected chi connectivity index (χ1v) is 5.32. The van der Waals surface area contributed by atoms with Gasteiger partial charge in [0.25, 0.3) is 0 Å². The molecule has 90 valence electrons. The molecule has 0 radical (unpaired) electrons. The Morgan fingerprint density at radius 3 is 2.59 bits per heavy atom. The summed E-state index contributed by atoms with van der Waals surface area (Å²) in [7, 11) is 0. The number of rotatable bonds is 1. The van der Waals surface area contributed by atoms with Crippen LogP contribution in [0.3, 0.4) is 0 Å². The third kappa shape index (κ3) is 1.65. The summed E-state index contributed by atoms with van der Waals surface area (Å²) in [6.07, 6.45) is -1.95. The molecule has 0 atom stereocenters. The Labute approximate surface area is 98.4 Å². The fourth-order valence-corrected chi connectivity index (χ4v) is 1.93. The van der Waals surface area contributed by atoms with Gasteiger partial charge in [-0.3, -0.25) is 0 Å². The van der Waals surface area contributed by atoms with E-state index in [4.69, 9.17) is 11.6 Å². The quantitative estimate of drug-likeness (QED) is 0.742. The van der Waals surface area contributed by atoms with Crippen LogP contribution in [-0.4, -0.2) is 19.5 Å². The van der Waals surface area contributed by atoms with E-state index in [1.54, 1.807) is 0 Å². The molecule has 8 heteroatoms. The summed E-state index contributed by atoms with van der Waals surface area (Å²) in [6, 6.07) is -0.178. The van der Waals surface area contributed by atoms with Crippen LogP contribution >= 0.6 is 11.6 Å². The summed E-state index contributed by atoms with van der Waals surface area (Å²) in [5.41, 5.74) is 0.160. The molecule has 17 heavy (non-hydrogen) atoms. The van der Waals surface area contributed by atoms with Crippen LogP contribution in [0.25, 0.3) is 11.2 Å². The number of aromatic nitrogens is 4. The minimum atomic E-state index is -4.51. The van der Waals surface area contributed by atoms with Crippen LogP contribution in [0.2, 0.25) is 5.15 Å². The topological polar surface area (TPSA) is 43.6 Å². The second-order valence-electron chi connectivity index (χ2n) is 3.87. The molecule has 0 aromatic carbocycles. The molecule has 4 nitrogen and oxygen atoms in total. The van der Waals surface area contributed by atoms with E-state index < -0.39 is 12.0 Å². The molecule has 0 N–H and O–H groups in total. The molecule has 0 bridgehead atoms. The van der Waals surface area contributed by atoms with Crippen molar-refractivity contribution in [2.24, 2.45) is 0 Å². The minimum absolute atomic E-state index is 0.00777. The Morgan fingerprint density at radius 2 is 2.00 bits per heavy atom. The van der Waals surface area contributed by atoms with Gasteiger partial charge in [-0.05, 0) is 12.8 Å². The molecule has 0 amide bonds. The van der Waals surface area contributed by atoms with Crippen molar-refractivity contribution in [1.82, 2.24) is 19.5 Å². The van der Waals surface area contributed by atoms with Crippen molar-refractivity contribution in [3.05, 3.63) is 17.3 Å². The molecular formula is C9H6ClF3N4. The molecule has 0 saturated heterocycles. The van der Waals surface area contributed by atoms with Crippen LogP contribution in [-0.2, 0) is 6.18 Å². The molecule has 2 aromatic rings. The van der Waals surface area contributed by atoms with Crippen LogP contribution in [0, 0.1) is 0 Å². The summed E-state index contributed by atoms with van der Waals surface area (Å²) in [4.78, 5) is 11.0. The predicted molar refractivity (Wildman–Crippen MR) is 53.6 cm³/mol. The Bertz CT molecular complexity index is 588. The zero-order valence-electron chi connectivity index (χ0n) is 8.37. The second kappa shape index (κ2) is 3.32. The van der Waals surface area contributed by atoms with Gasteiger partial charge in [0.15, 0.2) is 10.8 Å². The fourth-order valence-electron chi connectivity index (χ4n) is 1.76. The highest BCUT2D eigenvalue weighted by molar-refractivity contribution is 6.33. The molecule has 1 aliphatic rings. The highest BCUT2D eigenvalue weighted by Crippen LogP contribution is 2.42. The van der Waals surface area contributed by atoms with Crippen LogP contribution in [0.1, 0.15) is 24.7 Å². The smallest absolute Gasteiger partial charge is 0.302 e. The lowest BCUT2D eigenvalue weighted by atomic mass is 10.5. The average molecular weight is 263 g/mol. The number of nitrogens with zero attached hydrogens (tertiary/aromatic N) is 4. The number of hydrogen-bond donors (Lipinski definition) is 0. The molecule has 2 aromatic heterocycles. The van der Waals surface area contributed by atoms with Gasteiger partial charge in [-0.2, -0.15) is 13.2 Å². The number of imidazole rings is 1. The Kier molecular flexibility index (Phi) is 2.10. The van der Waals surface area contributed by atoms with Crippen LogP contribution in [0.4, 0.5) is 13.2 Å². The van der Waals surface area contributed by atoms with E-state index in [0.29, 0.717) is 12.8 Å². The van der Waals surface area contributed by atoms with E-state index in [-0.39, 0.29) is 22.4 Å². The van der Waals surface area contributed by atoms with Crippen LogP contribution < -0.4 is 0 Å². The third-order valence-corrected chi connectivity index (χ3v) is 2.87. The number of alkyl halides is 3. The van der Waals surface area contributed by atoms with Crippen molar-refractivity contribution >= 4 is 22.8 Å². The zero-order chi connectivity index (χ0) is 12.2. The molecule has 0 unspecified atom stereocenters. The molecular weight excluding hydrogens is 257 g/mol. The van der Waals surface area contributed by atoms with E-state index in [0.717, 1.165) is 10.9 Å². The largest absolute Gasteiger partial charge is 0.449 e. The van der Waals surface area contributed by atoms with E-state index >= 15 is 0 Å². The second-order valence-corrected chi connectivity index (χ2v) is 4.23. The maximum atomic E-state index is 12.8. The lowest BCUT2D eigenvalue weighted by Crippen LogP contribution is -2.14. The van der Waals surface area contributed by atoms with E-state index in [1.807, 2.05) is 0 Å². The first kappa shape index (κ1) is 10.8. The molecule has 1 fully saturated rings. The number of hydrogen-bond acceptors (Lipinski definition) is 3. The van der Waals surface area contributed by atoms with Gasteiger partial charge < -0.3 is 4.57 Å². The van der Waals surface area contributed by atoms with Crippen molar-refractivity contribution in [2.75, 3.05) is 0 Å². The summed E-state index contributed by atoms with van der Waals surface area (Å²) < 4.78 is 39.6. The molecule has 1 aliphatic carbocycles. The first-order chi connectivity index (χ1) is 7.98. The van der Waals surface area contributed by atoms with Gasteiger partial charge >= 0.3 is 6.18 Å². The maximum absolute atomic E-state index is 12.8. The van der Waals surface area contributed by atoms with Gasteiger partial charge in [-0.1, -0.05) is 11.6 Å². The lowest BCUT2D eigenvalue weighted by molar-refractivity contribution is -0.147. The average Bonchev–Trinajstić information content (AvgIpc) is 2.98. The SMILES string of the molecule is FC(F)(F)c1nc2c(Cl)ncnc2n1C1CC1. The van der Waals surface area contributed by atoms with Gasteiger partial charge in [0.2, 0.25) is 5.82 Å². The standard InChI is InChI=1S/C9H6ClF3N4/c10-6-5-7(15-3-14-6)17(4-1-2-4)8(16-5)9(11,12)13/h3-4H,1-2H2. The number of halogens is 4. The summed E-state index contributed by atoms with van der Waals surface area (Å²) >= 11 is 5.72. The minimum Gasteiger partial charge on any atom is -0.302 e. The van der Waals surface area contributed by atoms with E-state index in [2.05, 4.69) is 15.0 Å². The van der Waals surface area contributed by atoms with Gasteiger partial charge in [-0.15, -0.1) is 0 Å². The van der Waals surface area contributed by atoms with Crippen LogP contribution in [0.15, 0.2) is 6.33 Å². The van der Waals surface area contributed by atoms with Crippen molar-refractivity contribution in [3.8, 4) is 0 Å². The third-order valence-electron chi connectivity index (χ3n) is 2.60. The predicted octanol–water partition coefficient (Wildman–Crippen LogP) is 2.83. The van der Waals surface area contributed by atoms with Gasteiger partial charge in [0.1, 0.15) is 11.8 Å². The highest BCUT2D eigenvalue weighted by atomic mass is 35.5. The van der Waals surface area contributed by atoms with Gasteiger partial charge in [0.05, 0.1) is 0 Å². The molecule has 3 rings (SSSR count). The van der Waals surface area contributed by atoms with E-state index in [9.17, 15) is 13.2 Å². The molecule has 2 heterocycles. The molecule has 0 aliphatic heterocycles. The van der Waals surface area contributed by atoms with Gasteiger partial charge in [-0.25, -0.2) is 15.0 Å². The first-order valence-electron chi connectivity index (χ1n) is 4.94. The van der Waals surface area contributed by atoms with Crippen molar-refractivity contribution in [2.45, 2.75) is 25.1 Å². The number of fused-ring (bicyclic) bond motifs is 1. The van der Waals surface area contributed by atoms with Crippen molar-refractivity contribution < 1.29 is 13.2 Å². The molecule has 0 spiro atoms. The Hall–Kier alpha value is -1.37. The van der Waals surface area contributed by atoms with Crippen molar-refractivity contribution in [1.29, 1.82) is 0 Å². The summed E-state index contributed by atoms with van der Waals surface area (Å²) in [5, 5.41) is -0.0556. The fraction of sp³-hybridized carbons (Fsp3) is 0.444. The van der Waals surface area contributed by atoms with Crippen molar-refractivity contribution in [3.63, 3.8) is 0 Å². The molecule has 1 saturated carbocycles. The van der Waals surface area contributed by atoms with Gasteiger partial charge in [0, 0.05) is 6.04 Å². The van der Waals surface area contributed by atoms with Crippen LogP contribution in [0.5, 0.6) is 0 Å². The lowest BCUT2D eigenvalue weighted by Gasteiger charge is -2.08. The van der Waals surface area contributed by atoms with E-state index in [1.165, 1.54) is 0 Å². The summed E-state index contributed by atoms with van der Waals surface area (Å²) in [5.74, 6) is -0.947.